The molecule has 1 fully saturated rings. The molecule has 2 atom stereocenters. The van der Waals surface area contributed by atoms with E-state index in [0.29, 0.717) is 13.0 Å². The summed E-state index contributed by atoms with van der Waals surface area (Å²) in [6.07, 6.45) is 7.14. The van der Waals surface area contributed by atoms with Gasteiger partial charge in [-0.3, -0.25) is 9.59 Å². The van der Waals surface area contributed by atoms with Crippen LogP contribution < -0.4 is 16.8 Å². The van der Waals surface area contributed by atoms with Gasteiger partial charge in [-0.1, -0.05) is 19.3 Å². The number of nitrogens with one attached hydrogen (secondary N) is 1. The van der Waals surface area contributed by atoms with Crippen LogP contribution in [0.15, 0.2) is 0 Å². The first-order valence-electron chi connectivity index (χ1n) is 6.93. The number of primary amides is 1. The van der Waals surface area contributed by atoms with Gasteiger partial charge in [-0.25, -0.2) is 0 Å². The van der Waals surface area contributed by atoms with Crippen molar-refractivity contribution in [2.45, 2.75) is 57.4 Å². The molecule has 0 bridgehead atoms. The summed E-state index contributed by atoms with van der Waals surface area (Å²) in [5.74, 6) is -0.251. The molecule has 0 aromatic rings. The summed E-state index contributed by atoms with van der Waals surface area (Å²) >= 11 is 0. The number of unbranched alkanes of at least 4 members (excludes halogenated alkanes) is 1. The fourth-order valence-electron chi connectivity index (χ4n) is 2.43. The van der Waals surface area contributed by atoms with E-state index in [0.717, 1.165) is 38.5 Å². The molecule has 0 spiro atoms. The predicted molar refractivity (Wildman–Crippen MR) is 70.6 cm³/mol. The number of carbonyl (C=O) groups excluding carboxylic acids is 2. The van der Waals surface area contributed by atoms with Gasteiger partial charge in [0.15, 0.2) is 0 Å². The van der Waals surface area contributed by atoms with Gasteiger partial charge >= 0.3 is 0 Å². The van der Waals surface area contributed by atoms with Crippen LogP contribution in [0, 0.1) is 5.92 Å². The fraction of sp³-hybridized carbons (Fsp3) is 0.846. The summed E-state index contributed by atoms with van der Waals surface area (Å²) in [7, 11) is 0. The van der Waals surface area contributed by atoms with E-state index in [2.05, 4.69) is 5.32 Å². The quantitative estimate of drug-likeness (QED) is 0.480. The second kappa shape index (κ2) is 8.08. The minimum absolute atomic E-state index is 0.00174. The van der Waals surface area contributed by atoms with Gasteiger partial charge in [0.05, 0.1) is 5.92 Å². The van der Waals surface area contributed by atoms with E-state index >= 15 is 0 Å². The normalized spacial score (nSPS) is 24.3. The predicted octanol–water partition coefficient (Wildman–Crippen LogP) is 0.666. The van der Waals surface area contributed by atoms with Gasteiger partial charge in [0, 0.05) is 19.0 Å². The zero-order valence-electron chi connectivity index (χ0n) is 11.0. The van der Waals surface area contributed by atoms with E-state index < -0.39 is 0 Å². The van der Waals surface area contributed by atoms with Crippen molar-refractivity contribution in [1.82, 2.24) is 5.32 Å². The minimum Gasteiger partial charge on any atom is -0.370 e. The van der Waals surface area contributed by atoms with E-state index in [1.807, 2.05) is 0 Å². The molecule has 1 rings (SSSR count). The Balaban J connectivity index is 2.20. The number of amides is 2. The van der Waals surface area contributed by atoms with E-state index in [1.54, 1.807) is 0 Å². The third-order valence-electron chi connectivity index (χ3n) is 3.56. The van der Waals surface area contributed by atoms with Crippen LogP contribution in [-0.4, -0.2) is 24.4 Å². The van der Waals surface area contributed by atoms with Gasteiger partial charge in [0.1, 0.15) is 0 Å². The molecule has 0 aromatic heterocycles. The smallest absolute Gasteiger partial charge is 0.224 e. The van der Waals surface area contributed by atoms with Crippen LogP contribution in [-0.2, 0) is 9.59 Å². The standard InChI is InChI=1S/C13H25N3O2/c14-11-7-3-1-2-6-10(11)13(18)16-9-5-4-8-12(15)17/h10-11H,1-9,14H2,(H2,15,17)(H,16,18). The molecule has 1 aliphatic carbocycles. The molecule has 0 aliphatic heterocycles. The Kier molecular flexibility index (Phi) is 6.72. The zero-order valence-corrected chi connectivity index (χ0v) is 11.0. The van der Waals surface area contributed by atoms with E-state index in [9.17, 15) is 9.59 Å². The van der Waals surface area contributed by atoms with Crippen LogP contribution in [0.25, 0.3) is 0 Å². The van der Waals surface area contributed by atoms with Crippen molar-refractivity contribution in [3.05, 3.63) is 0 Å². The highest BCUT2D eigenvalue weighted by Crippen LogP contribution is 2.22. The first-order chi connectivity index (χ1) is 8.61. The molecule has 5 N–H and O–H groups in total. The Hall–Kier alpha value is -1.10. The maximum atomic E-state index is 12.0. The van der Waals surface area contributed by atoms with Crippen LogP contribution in [0.5, 0.6) is 0 Å². The van der Waals surface area contributed by atoms with E-state index in [4.69, 9.17) is 11.5 Å². The highest BCUT2D eigenvalue weighted by atomic mass is 16.2. The molecule has 1 saturated carbocycles. The molecular formula is C13H25N3O2. The number of rotatable bonds is 6. The van der Waals surface area contributed by atoms with Crippen molar-refractivity contribution < 1.29 is 9.59 Å². The van der Waals surface area contributed by atoms with Crippen molar-refractivity contribution >= 4 is 11.8 Å². The lowest BCUT2D eigenvalue weighted by molar-refractivity contribution is -0.125. The van der Waals surface area contributed by atoms with Crippen molar-refractivity contribution in [3.8, 4) is 0 Å². The second-order valence-electron chi connectivity index (χ2n) is 5.12. The zero-order chi connectivity index (χ0) is 13.4. The average molecular weight is 255 g/mol. The summed E-state index contributed by atoms with van der Waals surface area (Å²) < 4.78 is 0. The summed E-state index contributed by atoms with van der Waals surface area (Å²) in [5, 5.41) is 2.91. The second-order valence-corrected chi connectivity index (χ2v) is 5.12. The van der Waals surface area contributed by atoms with E-state index in [-0.39, 0.29) is 23.8 Å². The Morgan fingerprint density at radius 2 is 1.83 bits per heavy atom. The van der Waals surface area contributed by atoms with Gasteiger partial charge in [-0.05, 0) is 25.7 Å². The molecule has 1 aliphatic rings. The third-order valence-corrected chi connectivity index (χ3v) is 3.56. The Morgan fingerprint density at radius 1 is 1.11 bits per heavy atom. The summed E-state index contributed by atoms with van der Waals surface area (Å²) in [5.41, 5.74) is 11.1. The maximum absolute atomic E-state index is 12.0. The lowest BCUT2D eigenvalue weighted by atomic mass is 9.94. The summed E-state index contributed by atoms with van der Waals surface area (Å²) in [4.78, 5) is 22.5. The molecule has 5 heteroatoms. The fourth-order valence-corrected chi connectivity index (χ4v) is 2.43. The van der Waals surface area contributed by atoms with Gasteiger partial charge in [-0.2, -0.15) is 0 Å². The SMILES string of the molecule is NC(=O)CCCCNC(=O)C1CCCCCC1N. The van der Waals surface area contributed by atoms with Crippen LogP contribution in [0.2, 0.25) is 0 Å². The average Bonchev–Trinajstić information content (AvgIpc) is 2.53. The number of hydrogen-bond donors (Lipinski definition) is 3. The number of carbonyl (C=O) groups is 2. The van der Waals surface area contributed by atoms with E-state index in [1.165, 1.54) is 6.42 Å². The van der Waals surface area contributed by atoms with Crippen LogP contribution in [0.3, 0.4) is 0 Å². The van der Waals surface area contributed by atoms with Crippen LogP contribution in [0.1, 0.15) is 51.4 Å². The molecular weight excluding hydrogens is 230 g/mol. The van der Waals surface area contributed by atoms with Crippen LogP contribution >= 0.6 is 0 Å². The molecule has 18 heavy (non-hydrogen) atoms. The molecule has 104 valence electrons. The monoisotopic (exact) mass is 255 g/mol. The van der Waals surface area contributed by atoms with Gasteiger partial charge in [-0.15, -0.1) is 0 Å². The molecule has 0 radical (unpaired) electrons. The van der Waals surface area contributed by atoms with Crippen molar-refractivity contribution in [2.75, 3.05) is 6.54 Å². The largest absolute Gasteiger partial charge is 0.370 e. The lowest BCUT2D eigenvalue weighted by Gasteiger charge is -2.20. The summed E-state index contributed by atoms with van der Waals surface area (Å²) in [6.45, 7) is 0.606. The first kappa shape index (κ1) is 15.0. The third kappa shape index (κ3) is 5.49. The first-order valence-corrected chi connectivity index (χ1v) is 6.93. The molecule has 0 aromatic carbocycles. The van der Waals surface area contributed by atoms with Crippen molar-refractivity contribution in [3.63, 3.8) is 0 Å². The van der Waals surface area contributed by atoms with Crippen LogP contribution in [0.4, 0.5) is 0 Å². The van der Waals surface area contributed by atoms with Crippen molar-refractivity contribution in [2.24, 2.45) is 17.4 Å². The summed E-state index contributed by atoms with van der Waals surface area (Å²) in [6, 6.07) is -0.00174. The molecule has 2 unspecified atom stereocenters. The van der Waals surface area contributed by atoms with Gasteiger partial charge < -0.3 is 16.8 Å². The molecule has 0 heterocycles. The highest BCUT2D eigenvalue weighted by molar-refractivity contribution is 5.79. The lowest BCUT2D eigenvalue weighted by Crippen LogP contribution is -2.41. The van der Waals surface area contributed by atoms with Gasteiger partial charge in [0.2, 0.25) is 11.8 Å². The molecule has 0 saturated heterocycles. The topological polar surface area (TPSA) is 98.2 Å². The minimum atomic E-state index is -0.285. The Bertz CT molecular complexity index is 281. The number of hydrogen-bond acceptors (Lipinski definition) is 3. The number of nitrogens with two attached hydrogens (primary N) is 2. The maximum Gasteiger partial charge on any atom is 0.224 e. The highest BCUT2D eigenvalue weighted by Gasteiger charge is 2.26. The molecule has 2 amide bonds. The van der Waals surface area contributed by atoms with Gasteiger partial charge in [0.25, 0.3) is 0 Å². The molecule has 5 nitrogen and oxygen atoms in total. The Labute approximate surface area is 109 Å². The van der Waals surface area contributed by atoms with Crippen molar-refractivity contribution in [1.29, 1.82) is 0 Å². The Morgan fingerprint density at radius 3 is 2.56 bits per heavy atom.